The van der Waals surface area contributed by atoms with Gasteiger partial charge in [-0.1, -0.05) is 19.9 Å². The van der Waals surface area contributed by atoms with E-state index in [2.05, 4.69) is 10.6 Å². The number of phenols is 1. The molecular formula is C22H28N2O7. The summed E-state index contributed by atoms with van der Waals surface area (Å²) < 4.78 is 10.7. The maximum absolute atomic E-state index is 12.6. The van der Waals surface area contributed by atoms with Crippen LogP contribution >= 0.6 is 0 Å². The molecule has 0 spiro atoms. The quantitative estimate of drug-likeness (QED) is 0.474. The Kier molecular flexibility index (Phi) is 8.07. The Bertz CT molecular complexity index is 998. The van der Waals surface area contributed by atoms with Gasteiger partial charge in [-0.05, 0) is 30.5 Å². The molecule has 4 N–H and O–H groups in total. The van der Waals surface area contributed by atoms with Crippen LogP contribution in [-0.2, 0) is 9.59 Å². The Morgan fingerprint density at radius 1 is 1.13 bits per heavy atom. The molecule has 0 saturated heterocycles. The Labute approximate surface area is 180 Å². The van der Waals surface area contributed by atoms with Crippen LogP contribution in [0.5, 0.6) is 17.2 Å². The van der Waals surface area contributed by atoms with Crippen LogP contribution in [0.2, 0.25) is 0 Å². The van der Waals surface area contributed by atoms with E-state index in [4.69, 9.17) is 9.15 Å². The molecule has 168 valence electrons. The van der Waals surface area contributed by atoms with Crippen LogP contribution in [0.15, 0.2) is 33.5 Å². The molecule has 2 aromatic rings. The number of methoxy groups -OCH3 is 1. The van der Waals surface area contributed by atoms with Crippen molar-refractivity contribution in [3.8, 4) is 17.2 Å². The third kappa shape index (κ3) is 6.50. The van der Waals surface area contributed by atoms with Gasteiger partial charge in [0.05, 0.1) is 19.6 Å². The maximum atomic E-state index is 12.6. The molecule has 2 rings (SSSR count). The van der Waals surface area contributed by atoms with Crippen LogP contribution in [0, 0.1) is 12.8 Å². The normalized spacial score (nSPS) is 11.8. The predicted octanol–water partition coefficient (Wildman–Crippen LogP) is 1.78. The Morgan fingerprint density at radius 2 is 1.84 bits per heavy atom. The van der Waals surface area contributed by atoms with Crippen LogP contribution in [0.3, 0.4) is 0 Å². The molecule has 0 radical (unpaired) electrons. The van der Waals surface area contributed by atoms with Gasteiger partial charge in [0.15, 0.2) is 17.3 Å². The number of phenolic OH excluding ortho intramolecular Hbond substituents is 1. The summed E-state index contributed by atoms with van der Waals surface area (Å²) in [6.45, 7) is 5.75. The summed E-state index contributed by atoms with van der Waals surface area (Å²) in [5.41, 5.74) is -0.166. The van der Waals surface area contributed by atoms with Gasteiger partial charge in [-0.3, -0.25) is 14.4 Å². The van der Waals surface area contributed by atoms with Gasteiger partial charge < -0.3 is 30.0 Å². The van der Waals surface area contributed by atoms with Gasteiger partial charge >= 0.3 is 0 Å². The average Bonchev–Trinajstić information content (AvgIpc) is 2.72. The smallest absolute Gasteiger partial charge is 0.239 e. The highest BCUT2D eigenvalue weighted by Crippen LogP contribution is 2.37. The summed E-state index contributed by atoms with van der Waals surface area (Å²) in [6.07, 6.45) is -0.217. The first kappa shape index (κ1) is 23.8. The molecule has 1 atom stereocenters. The van der Waals surface area contributed by atoms with Gasteiger partial charge in [0.25, 0.3) is 0 Å². The highest BCUT2D eigenvalue weighted by molar-refractivity contribution is 5.85. The fourth-order valence-electron chi connectivity index (χ4n) is 2.95. The fraction of sp³-hybridized carbons (Fsp3) is 0.409. The van der Waals surface area contributed by atoms with Gasteiger partial charge in [-0.15, -0.1) is 0 Å². The van der Waals surface area contributed by atoms with E-state index in [1.54, 1.807) is 6.92 Å². The van der Waals surface area contributed by atoms with E-state index in [-0.39, 0.29) is 47.8 Å². The number of rotatable bonds is 9. The second-order valence-electron chi connectivity index (χ2n) is 7.60. The van der Waals surface area contributed by atoms with E-state index in [0.717, 1.165) is 6.07 Å². The van der Waals surface area contributed by atoms with Crippen LogP contribution in [0.25, 0.3) is 0 Å². The number of hydrogen-bond acceptors (Lipinski definition) is 7. The number of aryl methyl sites for hydroxylation is 1. The number of ether oxygens (including phenoxy) is 1. The van der Waals surface area contributed by atoms with Crippen molar-refractivity contribution < 1.29 is 29.0 Å². The largest absolute Gasteiger partial charge is 0.504 e. The van der Waals surface area contributed by atoms with Crippen LogP contribution in [0.1, 0.15) is 43.3 Å². The number of carbonyl (C=O) groups is 2. The zero-order chi connectivity index (χ0) is 23.1. The minimum Gasteiger partial charge on any atom is -0.504 e. The van der Waals surface area contributed by atoms with Crippen molar-refractivity contribution in [2.75, 3.05) is 20.2 Å². The SMILES string of the molecule is COc1cc([C@@H](CC(=O)NCC(=O)NCC(C)C)c2oc(C)cc(=O)c2O)ccc1O. The molecule has 0 unspecified atom stereocenters. The van der Waals surface area contributed by atoms with Crippen molar-refractivity contribution in [3.05, 3.63) is 51.6 Å². The topological polar surface area (TPSA) is 138 Å². The highest BCUT2D eigenvalue weighted by Gasteiger charge is 2.27. The Hall–Kier alpha value is -3.49. The lowest BCUT2D eigenvalue weighted by atomic mass is 9.91. The van der Waals surface area contributed by atoms with E-state index in [1.807, 2.05) is 13.8 Å². The second-order valence-corrected chi connectivity index (χ2v) is 7.60. The number of benzene rings is 1. The summed E-state index contributed by atoms with van der Waals surface area (Å²) >= 11 is 0. The van der Waals surface area contributed by atoms with Gasteiger partial charge in [0, 0.05) is 19.0 Å². The first-order valence-electron chi connectivity index (χ1n) is 9.86. The van der Waals surface area contributed by atoms with Crippen molar-refractivity contribution in [2.45, 2.75) is 33.1 Å². The van der Waals surface area contributed by atoms with Crippen molar-refractivity contribution in [2.24, 2.45) is 5.92 Å². The first-order chi connectivity index (χ1) is 14.6. The lowest BCUT2D eigenvalue weighted by molar-refractivity contribution is -0.126. The lowest BCUT2D eigenvalue weighted by Gasteiger charge is -2.19. The summed E-state index contributed by atoms with van der Waals surface area (Å²) in [6, 6.07) is 5.55. The molecule has 0 aliphatic rings. The number of carbonyl (C=O) groups excluding carboxylic acids is 2. The number of hydrogen-bond donors (Lipinski definition) is 4. The average molecular weight is 432 g/mol. The molecule has 1 aromatic carbocycles. The number of aromatic hydroxyl groups is 2. The first-order valence-corrected chi connectivity index (χ1v) is 9.86. The zero-order valence-corrected chi connectivity index (χ0v) is 18.0. The van der Waals surface area contributed by atoms with Gasteiger partial charge in [0.2, 0.25) is 23.0 Å². The van der Waals surface area contributed by atoms with Gasteiger partial charge in [-0.2, -0.15) is 0 Å². The van der Waals surface area contributed by atoms with E-state index in [1.165, 1.54) is 25.3 Å². The molecule has 2 amide bonds. The van der Waals surface area contributed by atoms with Crippen LogP contribution in [0.4, 0.5) is 0 Å². The lowest BCUT2D eigenvalue weighted by Crippen LogP contribution is -2.38. The Morgan fingerprint density at radius 3 is 2.48 bits per heavy atom. The van der Waals surface area contributed by atoms with Crippen molar-refractivity contribution >= 4 is 11.8 Å². The summed E-state index contributed by atoms with van der Waals surface area (Å²) in [5, 5.41) is 25.4. The molecule has 31 heavy (non-hydrogen) atoms. The zero-order valence-electron chi connectivity index (χ0n) is 18.0. The number of nitrogens with one attached hydrogen (secondary N) is 2. The molecule has 0 aliphatic heterocycles. The summed E-state index contributed by atoms with van der Waals surface area (Å²) in [5.74, 6) is -1.77. The molecule has 1 heterocycles. The van der Waals surface area contributed by atoms with E-state index < -0.39 is 23.0 Å². The molecular weight excluding hydrogens is 404 g/mol. The maximum Gasteiger partial charge on any atom is 0.239 e. The van der Waals surface area contributed by atoms with Gasteiger partial charge in [-0.25, -0.2) is 0 Å². The second kappa shape index (κ2) is 10.5. The Balaban J connectivity index is 2.30. The summed E-state index contributed by atoms with van der Waals surface area (Å²) in [4.78, 5) is 36.5. The standard InChI is InChI=1S/C22H28N2O7/c1-12(2)10-23-20(28)11-24-19(27)9-15(14-5-6-16(25)18(8-14)30-4)22-21(29)17(26)7-13(3)31-22/h5-8,12,15,25,29H,9-11H2,1-4H3,(H,23,28)(H,24,27)/t15-/m1/s1. The molecule has 0 bridgehead atoms. The highest BCUT2D eigenvalue weighted by atomic mass is 16.5. The minimum atomic E-state index is -0.860. The van der Waals surface area contributed by atoms with E-state index in [0.29, 0.717) is 12.1 Å². The molecule has 9 nitrogen and oxygen atoms in total. The molecule has 0 saturated carbocycles. The molecule has 0 fully saturated rings. The van der Waals surface area contributed by atoms with E-state index >= 15 is 0 Å². The molecule has 0 aliphatic carbocycles. The van der Waals surface area contributed by atoms with Crippen molar-refractivity contribution in [1.82, 2.24) is 10.6 Å². The summed E-state index contributed by atoms with van der Waals surface area (Å²) in [7, 11) is 1.38. The minimum absolute atomic E-state index is 0.0860. The predicted molar refractivity (Wildman–Crippen MR) is 113 cm³/mol. The van der Waals surface area contributed by atoms with E-state index in [9.17, 15) is 24.6 Å². The van der Waals surface area contributed by atoms with Crippen molar-refractivity contribution in [1.29, 1.82) is 0 Å². The van der Waals surface area contributed by atoms with Gasteiger partial charge in [0.1, 0.15) is 5.76 Å². The number of amides is 2. The monoisotopic (exact) mass is 432 g/mol. The third-order valence-electron chi connectivity index (χ3n) is 4.54. The van der Waals surface area contributed by atoms with Crippen LogP contribution in [-0.4, -0.2) is 42.2 Å². The molecule has 1 aromatic heterocycles. The van der Waals surface area contributed by atoms with Crippen LogP contribution < -0.4 is 20.8 Å². The fourth-order valence-corrected chi connectivity index (χ4v) is 2.95. The third-order valence-corrected chi connectivity index (χ3v) is 4.54. The molecule has 9 heteroatoms. The van der Waals surface area contributed by atoms with Crippen molar-refractivity contribution in [3.63, 3.8) is 0 Å².